The Bertz CT molecular complexity index is 999. The second-order valence-electron chi connectivity index (χ2n) is 6.43. The second kappa shape index (κ2) is 10.7. The van der Waals surface area contributed by atoms with Crippen molar-refractivity contribution in [1.82, 2.24) is 0 Å². The van der Waals surface area contributed by atoms with Crippen LogP contribution in [0, 0.1) is 0 Å². The van der Waals surface area contributed by atoms with E-state index in [1.165, 1.54) is 11.8 Å². The lowest BCUT2D eigenvalue weighted by molar-refractivity contribution is -0.113. The van der Waals surface area contributed by atoms with E-state index < -0.39 is 0 Å². The molecule has 7 heteroatoms. The minimum absolute atomic E-state index is 0.191. The highest BCUT2D eigenvalue weighted by molar-refractivity contribution is 8.14. The summed E-state index contributed by atoms with van der Waals surface area (Å²) in [5.74, 6) is 2.47. The summed E-state index contributed by atoms with van der Waals surface area (Å²) in [6.07, 6.45) is 3.54. The first-order valence-electron chi connectivity index (χ1n) is 10.0. The average molecular weight is 439 g/mol. The van der Waals surface area contributed by atoms with E-state index in [1.54, 1.807) is 24.2 Å². The number of thioether (sulfide) groups is 1. The topological polar surface area (TPSA) is 60.4 Å². The molecule has 0 atom stereocenters. The predicted molar refractivity (Wildman–Crippen MR) is 127 cm³/mol. The van der Waals surface area contributed by atoms with Crippen LogP contribution in [0.3, 0.4) is 0 Å². The van der Waals surface area contributed by atoms with Crippen molar-refractivity contribution < 1.29 is 19.0 Å². The molecular weight excluding hydrogens is 412 g/mol. The van der Waals surface area contributed by atoms with Gasteiger partial charge in [0.2, 0.25) is 0 Å². The van der Waals surface area contributed by atoms with Gasteiger partial charge in [0.15, 0.2) is 16.7 Å². The number of hydrogen-bond acceptors (Lipinski definition) is 6. The van der Waals surface area contributed by atoms with Crippen molar-refractivity contribution in [3.05, 3.63) is 66.4 Å². The number of anilines is 1. The molecule has 6 nitrogen and oxygen atoms in total. The van der Waals surface area contributed by atoms with Crippen LogP contribution in [-0.4, -0.2) is 37.2 Å². The summed E-state index contributed by atoms with van der Waals surface area (Å²) in [5, 5.41) is 0.609. The molecule has 1 heterocycles. The van der Waals surface area contributed by atoms with E-state index in [9.17, 15) is 4.79 Å². The number of hydrogen-bond donors (Lipinski definition) is 0. The van der Waals surface area contributed by atoms with Crippen molar-refractivity contribution in [3.63, 3.8) is 0 Å². The Morgan fingerprint density at radius 3 is 2.45 bits per heavy atom. The van der Waals surface area contributed by atoms with Gasteiger partial charge in [-0.3, -0.25) is 9.69 Å². The molecule has 162 valence electrons. The monoisotopic (exact) mass is 438 g/mol. The van der Waals surface area contributed by atoms with Gasteiger partial charge in [-0.15, -0.1) is 6.58 Å². The third-order valence-corrected chi connectivity index (χ3v) is 5.29. The fourth-order valence-electron chi connectivity index (χ4n) is 3.02. The van der Waals surface area contributed by atoms with Gasteiger partial charge in [0, 0.05) is 5.75 Å². The number of carbonyl (C=O) groups excluding carboxylic acids is 1. The summed E-state index contributed by atoms with van der Waals surface area (Å²) in [7, 11) is 1.59. The molecule has 0 bridgehead atoms. The van der Waals surface area contributed by atoms with E-state index in [0.29, 0.717) is 41.3 Å². The van der Waals surface area contributed by atoms with Crippen LogP contribution in [0.4, 0.5) is 5.69 Å². The normalized spacial score (nSPS) is 14.5. The zero-order valence-corrected chi connectivity index (χ0v) is 18.8. The van der Waals surface area contributed by atoms with Crippen LogP contribution in [0.25, 0.3) is 6.08 Å². The Hall–Kier alpha value is -3.19. The molecule has 0 N–H and O–H groups in total. The van der Waals surface area contributed by atoms with Crippen molar-refractivity contribution in [2.75, 3.05) is 31.0 Å². The Morgan fingerprint density at radius 2 is 1.81 bits per heavy atom. The molecule has 0 aromatic heterocycles. The number of ether oxygens (including phenoxy) is 3. The molecule has 0 unspecified atom stereocenters. The minimum atomic E-state index is -0.191. The summed E-state index contributed by atoms with van der Waals surface area (Å²) in [6, 6.07) is 12.9. The van der Waals surface area contributed by atoms with Gasteiger partial charge in [-0.05, 0) is 61.9 Å². The summed E-state index contributed by atoms with van der Waals surface area (Å²) < 4.78 is 16.5. The molecule has 2 aromatic rings. The van der Waals surface area contributed by atoms with Gasteiger partial charge in [0.05, 0.1) is 26.0 Å². The van der Waals surface area contributed by atoms with Crippen LogP contribution in [0.15, 0.2) is 65.8 Å². The highest BCUT2D eigenvalue weighted by atomic mass is 32.2. The van der Waals surface area contributed by atoms with Crippen LogP contribution in [0.5, 0.6) is 17.2 Å². The highest BCUT2D eigenvalue weighted by Gasteiger charge is 2.31. The fraction of sp³-hybridized carbons (Fsp3) is 0.250. The van der Waals surface area contributed by atoms with Crippen molar-refractivity contribution >= 4 is 34.6 Å². The quantitative estimate of drug-likeness (QED) is 0.400. The van der Waals surface area contributed by atoms with E-state index in [2.05, 4.69) is 11.6 Å². The van der Waals surface area contributed by atoms with Gasteiger partial charge in [-0.1, -0.05) is 23.9 Å². The number of methoxy groups -OCH3 is 1. The summed E-state index contributed by atoms with van der Waals surface area (Å²) in [4.78, 5) is 19.4. The zero-order valence-electron chi connectivity index (χ0n) is 18.0. The number of nitrogens with zero attached hydrogens (tertiary/aromatic N) is 2. The third-order valence-electron chi connectivity index (χ3n) is 4.36. The largest absolute Gasteiger partial charge is 0.494 e. The van der Waals surface area contributed by atoms with Crippen molar-refractivity contribution in [2.45, 2.75) is 13.8 Å². The minimum Gasteiger partial charge on any atom is -0.494 e. The number of carbonyl (C=O) groups is 1. The molecular formula is C24H26N2O4S. The fourth-order valence-corrected chi connectivity index (χ4v) is 3.77. The highest BCUT2D eigenvalue weighted by Crippen LogP contribution is 2.33. The number of amides is 1. The smallest absolute Gasteiger partial charge is 0.283 e. The number of rotatable bonds is 9. The van der Waals surface area contributed by atoms with Crippen molar-refractivity contribution in [3.8, 4) is 17.2 Å². The summed E-state index contributed by atoms with van der Waals surface area (Å²) in [6.45, 7) is 8.74. The van der Waals surface area contributed by atoms with E-state index >= 15 is 0 Å². The van der Waals surface area contributed by atoms with Gasteiger partial charge in [0.1, 0.15) is 11.4 Å². The van der Waals surface area contributed by atoms with Gasteiger partial charge in [-0.2, -0.15) is 0 Å². The Balaban J connectivity index is 1.93. The molecule has 2 aromatic carbocycles. The lowest BCUT2D eigenvalue weighted by Crippen LogP contribution is -2.30. The molecule has 1 amide bonds. The molecule has 0 spiro atoms. The molecule has 0 saturated carbocycles. The average Bonchev–Trinajstić information content (AvgIpc) is 3.09. The van der Waals surface area contributed by atoms with E-state index in [-0.39, 0.29) is 5.91 Å². The lowest BCUT2D eigenvalue weighted by Gasteiger charge is -2.18. The molecule has 1 aliphatic heterocycles. The maximum Gasteiger partial charge on any atom is 0.283 e. The Kier molecular flexibility index (Phi) is 7.78. The molecule has 3 rings (SSSR count). The van der Waals surface area contributed by atoms with Gasteiger partial charge < -0.3 is 14.2 Å². The number of benzene rings is 2. The lowest BCUT2D eigenvalue weighted by atomic mass is 10.1. The van der Waals surface area contributed by atoms with Crippen molar-refractivity contribution in [1.29, 1.82) is 0 Å². The van der Waals surface area contributed by atoms with Crippen LogP contribution in [0.2, 0.25) is 0 Å². The molecule has 31 heavy (non-hydrogen) atoms. The van der Waals surface area contributed by atoms with E-state index in [4.69, 9.17) is 14.2 Å². The van der Waals surface area contributed by atoms with E-state index in [0.717, 1.165) is 17.0 Å². The van der Waals surface area contributed by atoms with Crippen LogP contribution < -0.4 is 19.1 Å². The van der Waals surface area contributed by atoms with Crippen molar-refractivity contribution in [2.24, 2.45) is 4.99 Å². The molecule has 0 radical (unpaired) electrons. The summed E-state index contributed by atoms with van der Waals surface area (Å²) >= 11 is 1.46. The maximum atomic E-state index is 13.2. The molecule has 0 aliphatic carbocycles. The van der Waals surface area contributed by atoms with Gasteiger partial charge in [0.25, 0.3) is 5.91 Å². The number of amidine groups is 1. The van der Waals surface area contributed by atoms with Crippen LogP contribution >= 0.6 is 11.8 Å². The molecule has 1 aliphatic rings. The first kappa shape index (κ1) is 22.5. The SMILES string of the molecule is C=CCSC1=N/C(=C\c2ccc(OCC)c(OC)c2)C(=O)N1c1ccc(OCC)cc1. The molecule has 0 fully saturated rings. The Labute approximate surface area is 187 Å². The number of aliphatic imine (C=N–C) groups is 1. The maximum absolute atomic E-state index is 13.2. The first-order chi connectivity index (χ1) is 15.1. The molecule has 0 saturated heterocycles. The first-order valence-corrected chi connectivity index (χ1v) is 11.0. The predicted octanol–water partition coefficient (Wildman–Crippen LogP) is 5.16. The van der Waals surface area contributed by atoms with E-state index in [1.807, 2.05) is 56.3 Å². The Morgan fingerprint density at radius 1 is 1.06 bits per heavy atom. The second-order valence-corrected chi connectivity index (χ2v) is 7.42. The zero-order chi connectivity index (χ0) is 22.2. The van der Waals surface area contributed by atoms with Crippen LogP contribution in [-0.2, 0) is 4.79 Å². The van der Waals surface area contributed by atoms with Gasteiger partial charge >= 0.3 is 0 Å². The standard InChI is InChI=1S/C24H26N2O4S/c1-5-14-31-24-25-20(15-17-8-13-21(30-7-3)22(16-17)28-4)23(27)26(24)18-9-11-19(12-10-18)29-6-2/h5,8-13,15-16H,1,6-7,14H2,2-4H3/b20-15-. The van der Waals surface area contributed by atoms with Crippen LogP contribution in [0.1, 0.15) is 19.4 Å². The van der Waals surface area contributed by atoms with Gasteiger partial charge in [-0.25, -0.2) is 4.99 Å². The summed E-state index contributed by atoms with van der Waals surface area (Å²) in [5.41, 5.74) is 1.89. The third kappa shape index (κ3) is 5.30.